The van der Waals surface area contributed by atoms with Gasteiger partial charge in [0.1, 0.15) is 12.4 Å². The summed E-state index contributed by atoms with van der Waals surface area (Å²) in [6.45, 7) is 2.83. The van der Waals surface area contributed by atoms with Gasteiger partial charge in [-0.2, -0.15) is 0 Å². The third-order valence-corrected chi connectivity index (χ3v) is 3.82. The van der Waals surface area contributed by atoms with Gasteiger partial charge in [0.05, 0.1) is 0 Å². The topological polar surface area (TPSA) is 125 Å². The number of carbonyl (C=O) groups is 2. The fraction of sp³-hybridized carbons (Fsp3) is 0.167. The molecule has 138 valence electrons. The maximum atomic E-state index is 12.3. The molecule has 0 aliphatic heterocycles. The average Bonchev–Trinajstić information content (AvgIpc) is 3.14. The van der Waals surface area contributed by atoms with Crippen molar-refractivity contribution >= 4 is 17.5 Å². The van der Waals surface area contributed by atoms with Crippen molar-refractivity contribution in [1.82, 2.24) is 20.2 Å². The van der Waals surface area contributed by atoms with Crippen LogP contribution in [0.2, 0.25) is 0 Å². The Balaban J connectivity index is 1.59. The summed E-state index contributed by atoms with van der Waals surface area (Å²) in [6, 6.07) is 13.1. The molecule has 0 aliphatic rings. The van der Waals surface area contributed by atoms with Gasteiger partial charge < -0.3 is 15.8 Å². The standard InChI is InChI=1S/C18H18N6O3/c1-2-24-16(21-22-23-24)11-27-15-9-5-13(6-10-15)18(26)20-14-7-3-12(4-8-14)17(19)25/h3-10H,2,11H2,1H3,(H2,19,25)(H,20,26). The van der Waals surface area contributed by atoms with Gasteiger partial charge in [-0.3, -0.25) is 9.59 Å². The normalized spacial score (nSPS) is 10.4. The minimum Gasteiger partial charge on any atom is -0.486 e. The van der Waals surface area contributed by atoms with E-state index in [1.54, 1.807) is 53.2 Å². The number of rotatable bonds is 7. The lowest BCUT2D eigenvalue weighted by Gasteiger charge is -2.08. The summed E-state index contributed by atoms with van der Waals surface area (Å²) < 4.78 is 7.29. The molecule has 3 aromatic rings. The summed E-state index contributed by atoms with van der Waals surface area (Å²) in [5.74, 6) is 0.432. The van der Waals surface area contributed by atoms with Crippen molar-refractivity contribution in [3.8, 4) is 5.75 Å². The maximum absolute atomic E-state index is 12.3. The smallest absolute Gasteiger partial charge is 0.255 e. The molecule has 0 atom stereocenters. The predicted molar refractivity (Wildman–Crippen MR) is 97.2 cm³/mol. The lowest BCUT2D eigenvalue weighted by Crippen LogP contribution is -2.13. The predicted octanol–water partition coefficient (Wildman–Crippen LogP) is 1.62. The SMILES string of the molecule is CCn1nnnc1COc1ccc(C(=O)Nc2ccc(C(N)=O)cc2)cc1. The van der Waals surface area contributed by atoms with E-state index >= 15 is 0 Å². The van der Waals surface area contributed by atoms with E-state index in [1.807, 2.05) is 6.92 Å². The van der Waals surface area contributed by atoms with Gasteiger partial charge >= 0.3 is 0 Å². The summed E-state index contributed by atoms with van der Waals surface area (Å²) >= 11 is 0. The number of amides is 2. The van der Waals surface area contributed by atoms with Crippen molar-refractivity contribution in [1.29, 1.82) is 0 Å². The number of benzene rings is 2. The number of ether oxygens (including phenoxy) is 1. The van der Waals surface area contributed by atoms with Gasteiger partial charge in [-0.05, 0) is 65.9 Å². The number of carbonyl (C=O) groups excluding carboxylic acids is 2. The van der Waals surface area contributed by atoms with Crippen LogP contribution in [0.25, 0.3) is 0 Å². The molecule has 0 saturated carbocycles. The Morgan fingerprint density at radius 1 is 1.07 bits per heavy atom. The molecule has 3 rings (SSSR count). The Bertz CT molecular complexity index is 934. The molecule has 1 heterocycles. The molecule has 0 aliphatic carbocycles. The third kappa shape index (κ3) is 4.46. The lowest BCUT2D eigenvalue weighted by atomic mass is 10.1. The second-order valence-electron chi connectivity index (χ2n) is 5.62. The number of tetrazole rings is 1. The molecule has 0 fully saturated rings. The van der Waals surface area contributed by atoms with Gasteiger partial charge in [0.25, 0.3) is 5.91 Å². The number of hydrogen-bond donors (Lipinski definition) is 2. The molecule has 2 aromatic carbocycles. The zero-order valence-corrected chi connectivity index (χ0v) is 14.6. The monoisotopic (exact) mass is 366 g/mol. The molecule has 9 nitrogen and oxygen atoms in total. The number of nitrogens with one attached hydrogen (secondary N) is 1. The van der Waals surface area contributed by atoms with Crippen LogP contribution >= 0.6 is 0 Å². The van der Waals surface area contributed by atoms with E-state index < -0.39 is 5.91 Å². The van der Waals surface area contributed by atoms with Crippen LogP contribution in [0.1, 0.15) is 33.5 Å². The Labute approximate surface area is 155 Å². The first-order chi connectivity index (χ1) is 13.1. The first-order valence-corrected chi connectivity index (χ1v) is 8.26. The molecular weight excluding hydrogens is 348 g/mol. The highest BCUT2D eigenvalue weighted by Crippen LogP contribution is 2.16. The molecule has 0 unspecified atom stereocenters. The summed E-state index contributed by atoms with van der Waals surface area (Å²) in [4.78, 5) is 23.4. The van der Waals surface area contributed by atoms with Crippen LogP contribution in [0.4, 0.5) is 5.69 Å². The summed E-state index contributed by atoms with van der Waals surface area (Å²) in [7, 11) is 0. The molecule has 2 amide bonds. The fourth-order valence-corrected chi connectivity index (χ4v) is 2.34. The second-order valence-corrected chi connectivity index (χ2v) is 5.62. The van der Waals surface area contributed by atoms with E-state index in [4.69, 9.17) is 10.5 Å². The number of nitrogens with zero attached hydrogens (tertiary/aromatic N) is 4. The van der Waals surface area contributed by atoms with Gasteiger partial charge in [0.2, 0.25) is 5.91 Å². The molecule has 27 heavy (non-hydrogen) atoms. The molecule has 0 bridgehead atoms. The average molecular weight is 366 g/mol. The van der Waals surface area contributed by atoms with Crippen molar-refractivity contribution in [3.63, 3.8) is 0 Å². The molecule has 0 spiro atoms. The van der Waals surface area contributed by atoms with Crippen LogP contribution in [0.3, 0.4) is 0 Å². The third-order valence-electron chi connectivity index (χ3n) is 3.82. The van der Waals surface area contributed by atoms with Crippen molar-refractivity contribution in [2.45, 2.75) is 20.1 Å². The first kappa shape index (κ1) is 18.1. The van der Waals surface area contributed by atoms with E-state index in [-0.39, 0.29) is 12.5 Å². The maximum Gasteiger partial charge on any atom is 0.255 e. The molecular formula is C18H18N6O3. The number of nitrogens with two attached hydrogens (primary N) is 1. The molecule has 3 N–H and O–H groups in total. The Kier molecular flexibility index (Phi) is 5.41. The van der Waals surface area contributed by atoms with Crippen molar-refractivity contribution in [2.24, 2.45) is 5.73 Å². The minimum absolute atomic E-state index is 0.235. The van der Waals surface area contributed by atoms with Crippen LogP contribution in [-0.4, -0.2) is 32.0 Å². The van der Waals surface area contributed by atoms with Crippen LogP contribution < -0.4 is 15.8 Å². The number of aryl methyl sites for hydroxylation is 1. The molecule has 0 radical (unpaired) electrons. The zero-order valence-electron chi connectivity index (χ0n) is 14.6. The lowest BCUT2D eigenvalue weighted by molar-refractivity contribution is 0.0998. The highest BCUT2D eigenvalue weighted by Gasteiger charge is 2.09. The van der Waals surface area contributed by atoms with E-state index in [9.17, 15) is 9.59 Å². The van der Waals surface area contributed by atoms with Crippen LogP contribution in [0.5, 0.6) is 5.75 Å². The zero-order chi connectivity index (χ0) is 19.2. The van der Waals surface area contributed by atoms with Gasteiger partial charge in [0, 0.05) is 23.4 Å². The van der Waals surface area contributed by atoms with Gasteiger partial charge in [-0.15, -0.1) is 5.10 Å². The van der Waals surface area contributed by atoms with Gasteiger partial charge in [-0.1, -0.05) is 0 Å². The molecule has 1 aromatic heterocycles. The Morgan fingerprint density at radius 2 is 1.74 bits per heavy atom. The van der Waals surface area contributed by atoms with E-state index in [2.05, 4.69) is 20.8 Å². The van der Waals surface area contributed by atoms with E-state index in [0.717, 1.165) is 0 Å². The molecule has 0 saturated heterocycles. The number of aromatic nitrogens is 4. The number of hydrogen-bond acceptors (Lipinski definition) is 6. The Hall–Kier alpha value is -3.75. The second kappa shape index (κ2) is 8.09. The largest absolute Gasteiger partial charge is 0.486 e. The van der Waals surface area contributed by atoms with Crippen LogP contribution in [0, 0.1) is 0 Å². The van der Waals surface area contributed by atoms with Crippen molar-refractivity contribution in [2.75, 3.05) is 5.32 Å². The van der Waals surface area contributed by atoms with Gasteiger partial charge in [0.15, 0.2) is 5.82 Å². The van der Waals surface area contributed by atoms with Crippen molar-refractivity contribution < 1.29 is 14.3 Å². The Morgan fingerprint density at radius 3 is 2.37 bits per heavy atom. The summed E-state index contributed by atoms with van der Waals surface area (Å²) in [5.41, 5.74) is 6.61. The fourth-order valence-electron chi connectivity index (χ4n) is 2.34. The quantitative estimate of drug-likeness (QED) is 0.654. The van der Waals surface area contributed by atoms with E-state index in [1.165, 1.54) is 0 Å². The van der Waals surface area contributed by atoms with E-state index in [0.29, 0.717) is 34.9 Å². The van der Waals surface area contributed by atoms with Gasteiger partial charge in [-0.25, -0.2) is 4.68 Å². The highest BCUT2D eigenvalue weighted by atomic mass is 16.5. The summed E-state index contributed by atoms with van der Waals surface area (Å²) in [6.07, 6.45) is 0. The summed E-state index contributed by atoms with van der Waals surface area (Å²) in [5, 5.41) is 14.1. The number of primary amides is 1. The van der Waals surface area contributed by atoms with Crippen molar-refractivity contribution in [3.05, 3.63) is 65.5 Å². The minimum atomic E-state index is -0.517. The highest BCUT2D eigenvalue weighted by molar-refractivity contribution is 6.04. The van der Waals surface area contributed by atoms with Crippen LogP contribution in [-0.2, 0) is 13.2 Å². The first-order valence-electron chi connectivity index (χ1n) is 8.26. The van der Waals surface area contributed by atoms with Crippen LogP contribution in [0.15, 0.2) is 48.5 Å². The number of anilines is 1. The molecule has 9 heteroatoms.